The van der Waals surface area contributed by atoms with Crippen LogP contribution in [-0.2, 0) is 4.79 Å². The molecule has 140 valence electrons. The summed E-state index contributed by atoms with van der Waals surface area (Å²) in [4.78, 5) is 29.6. The van der Waals surface area contributed by atoms with Crippen molar-refractivity contribution in [2.24, 2.45) is 5.41 Å². The molecule has 6 heteroatoms. The number of piperidine rings is 1. The van der Waals surface area contributed by atoms with Crippen LogP contribution in [0.3, 0.4) is 0 Å². The first-order valence-electron chi connectivity index (χ1n) is 9.98. The molecule has 6 nitrogen and oxygen atoms in total. The van der Waals surface area contributed by atoms with Crippen LogP contribution in [0, 0.1) is 5.41 Å². The van der Waals surface area contributed by atoms with Gasteiger partial charge in [0, 0.05) is 51.2 Å². The Morgan fingerprint density at radius 3 is 2.16 bits per heavy atom. The molecule has 2 saturated carbocycles. The lowest BCUT2D eigenvalue weighted by Gasteiger charge is -2.53. The lowest BCUT2D eigenvalue weighted by Crippen LogP contribution is -2.58. The summed E-state index contributed by atoms with van der Waals surface area (Å²) in [5.41, 5.74) is 0.261. The van der Waals surface area contributed by atoms with E-state index in [0.29, 0.717) is 24.7 Å². The van der Waals surface area contributed by atoms with Crippen LogP contribution < -0.4 is 0 Å². The lowest BCUT2D eigenvalue weighted by atomic mass is 9.64. The first-order chi connectivity index (χ1) is 12.0. The summed E-state index contributed by atoms with van der Waals surface area (Å²) in [7, 11) is 0. The monoisotopic (exact) mass is 349 g/mol. The van der Waals surface area contributed by atoms with Crippen molar-refractivity contribution in [3.63, 3.8) is 0 Å². The summed E-state index contributed by atoms with van der Waals surface area (Å²) in [6, 6.07) is 1.56. The smallest absolute Gasteiger partial charge is 0.407 e. The third-order valence-electron chi connectivity index (χ3n) is 7.29. The maximum atomic E-state index is 12.1. The van der Waals surface area contributed by atoms with Crippen LogP contribution >= 0.6 is 0 Å². The zero-order chi connectivity index (χ0) is 17.6. The Kier molecular flexibility index (Phi) is 4.42. The summed E-state index contributed by atoms with van der Waals surface area (Å²) in [6.07, 6.45) is 8.41. The molecule has 0 unspecified atom stereocenters. The summed E-state index contributed by atoms with van der Waals surface area (Å²) < 4.78 is 0. The van der Waals surface area contributed by atoms with E-state index in [1.807, 2.05) is 0 Å². The minimum Gasteiger partial charge on any atom is -0.465 e. The van der Waals surface area contributed by atoms with Gasteiger partial charge < -0.3 is 19.8 Å². The number of rotatable bonds is 3. The standard InChI is InChI=1S/C19H31N3O3/c1-14(23)22(15-3-2-4-15)16-5-8-20(9-6-16)17-11-19(12-17)7-10-21(13-19)18(24)25/h15-17H,2-13H2,1H3,(H,24,25). The van der Waals surface area contributed by atoms with Gasteiger partial charge in [0.1, 0.15) is 0 Å². The Morgan fingerprint density at radius 2 is 1.68 bits per heavy atom. The van der Waals surface area contributed by atoms with Gasteiger partial charge in [-0.15, -0.1) is 0 Å². The van der Waals surface area contributed by atoms with Crippen molar-refractivity contribution < 1.29 is 14.7 Å². The molecule has 0 bridgehead atoms. The second kappa shape index (κ2) is 6.45. The molecule has 0 aromatic rings. The molecule has 1 N–H and O–H groups in total. The van der Waals surface area contributed by atoms with Gasteiger partial charge >= 0.3 is 6.09 Å². The van der Waals surface area contributed by atoms with E-state index < -0.39 is 6.09 Å². The number of likely N-dealkylation sites (tertiary alicyclic amines) is 2. The summed E-state index contributed by atoms with van der Waals surface area (Å²) in [5.74, 6) is 0.255. The molecule has 0 aromatic carbocycles. The fraction of sp³-hybridized carbons (Fsp3) is 0.895. The minimum atomic E-state index is -0.763. The zero-order valence-corrected chi connectivity index (χ0v) is 15.3. The molecule has 4 rings (SSSR count). The number of carboxylic acid groups (broad SMARTS) is 1. The van der Waals surface area contributed by atoms with E-state index in [1.54, 1.807) is 11.8 Å². The average molecular weight is 349 g/mol. The topological polar surface area (TPSA) is 64.1 Å². The molecule has 2 heterocycles. The van der Waals surface area contributed by atoms with E-state index in [9.17, 15) is 9.59 Å². The van der Waals surface area contributed by atoms with Gasteiger partial charge in [0.2, 0.25) is 5.91 Å². The Hall–Kier alpha value is -1.30. The number of amides is 2. The molecule has 4 aliphatic rings. The van der Waals surface area contributed by atoms with E-state index in [4.69, 9.17) is 5.11 Å². The summed E-state index contributed by atoms with van der Waals surface area (Å²) in [5, 5.41) is 9.16. The Bertz CT molecular complexity index is 534. The molecule has 0 radical (unpaired) electrons. The molecular formula is C19H31N3O3. The van der Waals surface area contributed by atoms with E-state index in [2.05, 4.69) is 9.80 Å². The van der Waals surface area contributed by atoms with Gasteiger partial charge in [0.05, 0.1) is 0 Å². The number of carbonyl (C=O) groups excluding carboxylic acids is 1. The maximum absolute atomic E-state index is 12.1. The van der Waals surface area contributed by atoms with Crippen LogP contribution in [0.2, 0.25) is 0 Å². The van der Waals surface area contributed by atoms with Crippen molar-refractivity contribution in [1.29, 1.82) is 0 Å². The first-order valence-corrected chi connectivity index (χ1v) is 9.98. The first kappa shape index (κ1) is 17.1. The zero-order valence-electron chi connectivity index (χ0n) is 15.3. The maximum Gasteiger partial charge on any atom is 0.407 e. The Labute approximate surface area is 150 Å². The van der Waals surface area contributed by atoms with Crippen molar-refractivity contribution in [3.05, 3.63) is 0 Å². The van der Waals surface area contributed by atoms with Crippen molar-refractivity contribution in [2.45, 2.75) is 76.4 Å². The van der Waals surface area contributed by atoms with E-state index in [1.165, 1.54) is 19.3 Å². The molecule has 2 aliphatic carbocycles. The predicted octanol–water partition coefficient (Wildman–Crippen LogP) is 2.38. The second-order valence-electron chi connectivity index (χ2n) is 8.79. The van der Waals surface area contributed by atoms with Crippen LogP contribution in [0.5, 0.6) is 0 Å². The number of hydrogen-bond acceptors (Lipinski definition) is 3. The van der Waals surface area contributed by atoms with E-state index in [-0.39, 0.29) is 11.3 Å². The normalized spacial score (nSPS) is 34.0. The van der Waals surface area contributed by atoms with Crippen LogP contribution in [0.1, 0.15) is 58.3 Å². The minimum absolute atomic E-state index is 0.255. The second-order valence-corrected chi connectivity index (χ2v) is 8.79. The molecule has 2 saturated heterocycles. The van der Waals surface area contributed by atoms with Gasteiger partial charge in [0.15, 0.2) is 0 Å². The molecule has 2 amide bonds. The lowest BCUT2D eigenvalue weighted by molar-refractivity contribution is -0.137. The van der Waals surface area contributed by atoms with Gasteiger partial charge in [-0.05, 0) is 56.8 Å². The molecule has 25 heavy (non-hydrogen) atoms. The van der Waals surface area contributed by atoms with Crippen LogP contribution in [0.25, 0.3) is 0 Å². The van der Waals surface area contributed by atoms with E-state index >= 15 is 0 Å². The highest BCUT2D eigenvalue weighted by Crippen LogP contribution is 2.50. The number of carbonyl (C=O) groups is 2. The van der Waals surface area contributed by atoms with Crippen molar-refractivity contribution in [1.82, 2.24) is 14.7 Å². The van der Waals surface area contributed by atoms with Gasteiger partial charge in [-0.2, -0.15) is 0 Å². The highest BCUT2D eigenvalue weighted by atomic mass is 16.4. The molecular weight excluding hydrogens is 318 g/mol. The van der Waals surface area contributed by atoms with Crippen LogP contribution in [0.15, 0.2) is 0 Å². The van der Waals surface area contributed by atoms with Gasteiger partial charge in [0.25, 0.3) is 0 Å². The molecule has 0 atom stereocenters. The molecule has 2 aliphatic heterocycles. The molecule has 1 spiro atoms. The van der Waals surface area contributed by atoms with Gasteiger partial charge in [-0.3, -0.25) is 4.79 Å². The largest absolute Gasteiger partial charge is 0.465 e. The fourth-order valence-corrected chi connectivity index (χ4v) is 5.64. The van der Waals surface area contributed by atoms with Crippen molar-refractivity contribution >= 4 is 12.0 Å². The van der Waals surface area contributed by atoms with Crippen molar-refractivity contribution in [2.75, 3.05) is 26.2 Å². The number of nitrogens with zero attached hydrogens (tertiary/aromatic N) is 3. The van der Waals surface area contributed by atoms with Gasteiger partial charge in [-0.1, -0.05) is 0 Å². The Balaban J connectivity index is 1.26. The van der Waals surface area contributed by atoms with Crippen LogP contribution in [0.4, 0.5) is 4.79 Å². The summed E-state index contributed by atoms with van der Waals surface area (Å²) >= 11 is 0. The summed E-state index contributed by atoms with van der Waals surface area (Å²) in [6.45, 7) is 5.35. The third-order valence-corrected chi connectivity index (χ3v) is 7.29. The highest BCUT2D eigenvalue weighted by molar-refractivity contribution is 5.74. The molecule has 4 fully saturated rings. The predicted molar refractivity (Wildman–Crippen MR) is 94.4 cm³/mol. The SMILES string of the molecule is CC(=O)N(C1CCC1)C1CCN(C2CC3(CCN(C(=O)O)C3)C2)CC1. The van der Waals surface area contributed by atoms with Crippen molar-refractivity contribution in [3.8, 4) is 0 Å². The average Bonchev–Trinajstić information content (AvgIpc) is 2.95. The quantitative estimate of drug-likeness (QED) is 0.850. The van der Waals surface area contributed by atoms with E-state index in [0.717, 1.165) is 51.7 Å². The van der Waals surface area contributed by atoms with Crippen LogP contribution in [-0.4, -0.2) is 76.1 Å². The third kappa shape index (κ3) is 3.14. The highest BCUT2D eigenvalue weighted by Gasteiger charge is 2.51. The Morgan fingerprint density at radius 1 is 1.04 bits per heavy atom. The fourth-order valence-electron chi connectivity index (χ4n) is 5.64. The number of hydrogen-bond donors (Lipinski definition) is 1. The molecule has 0 aromatic heterocycles. The van der Waals surface area contributed by atoms with Gasteiger partial charge in [-0.25, -0.2) is 4.79 Å².